The number of carboxylic acid groups (broad SMARTS) is 1. The molecule has 0 radical (unpaired) electrons. The Morgan fingerprint density at radius 2 is 2.17 bits per heavy atom. The van der Waals surface area contributed by atoms with E-state index in [1.807, 2.05) is 36.4 Å². The molecule has 0 saturated heterocycles. The molecule has 1 aromatic carbocycles. The van der Waals surface area contributed by atoms with Gasteiger partial charge in [0.1, 0.15) is 12.4 Å². The second kappa shape index (κ2) is 9.27. The van der Waals surface area contributed by atoms with E-state index in [1.54, 1.807) is 6.20 Å². The highest BCUT2D eigenvalue weighted by molar-refractivity contribution is 9.10. The van der Waals surface area contributed by atoms with E-state index in [4.69, 9.17) is 9.84 Å². The number of carbonyl (C=O) groups is 1. The molecule has 0 amide bonds. The van der Waals surface area contributed by atoms with Crippen molar-refractivity contribution in [1.82, 2.24) is 10.3 Å². The fraction of sp³-hybridized carbons (Fsp3) is 0.294. The molecule has 0 aliphatic heterocycles. The lowest BCUT2D eigenvalue weighted by atomic mass is 10.2. The van der Waals surface area contributed by atoms with Gasteiger partial charge in [-0.05, 0) is 43.3 Å². The van der Waals surface area contributed by atoms with Gasteiger partial charge in [-0.2, -0.15) is 0 Å². The Labute approximate surface area is 143 Å². The molecule has 1 aromatic heterocycles. The first-order valence-electron chi connectivity index (χ1n) is 7.39. The minimum atomic E-state index is -0.770. The molecule has 122 valence electrons. The van der Waals surface area contributed by atoms with Gasteiger partial charge >= 0.3 is 5.97 Å². The number of benzene rings is 1. The molecule has 0 spiro atoms. The fourth-order valence-electron chi connectivity index (χ4n) is 2.05. The van der Waals surface area contributed by atoms with Crippen LogP contribution in [0, 0.1) is 0 Å². The number of carboxylic acids is 1. The second-order valence-corrected chi connectivity index (χ2v) is 5.95. The van der Waals surface area contributed by atoms with Crippen LogP contribution in [-0.2, 0) is 17.9 Å². The standard InChI is InChI=1S/C17H19BrN2O3/c18-14-6-7-16(23-12-15-4-1-2-9-20-15)13(10-14)11-19-8-3-5-17(21)22/h1-2,4,6-7,9-10,19H,3,5,8,11-12H2,(H,21,22). The summed E-state index contributed by atoms with van der Waals surface area (Å²) >= 11 is 3.46. The second-order valence-electron chi connectivity index (χ2n) is 5.04. The van der Waals surface area contributed by atoms with Crippen LogP contribution in [0.3, 0.4) is 0 Å². The molecular formula is C17H19BrN2O3. The summed E-state index contributed by atoms with van der Waals surface area (Å²) in [5.74, 6) is 0.0261. The van der Waals surface area contributed by atoms with Crippen LogP contribution in [0.2, 0.25) is 0 Å². The van der Waals surface area contributed by atoms with Gasteiger partial charge < -0.3 is 15.2 Å². The largest absolute Gasteiger partial charge is 0.487 e. The van der Waals surface area contributed by atoms with Gasteiger partial charge in [0, 0.05) is 29.2 Å². The molecule has 0 atom stereocenters. The van der Waals surface area contributed by atoms with E-state index in [-0.39, 0.29) is 6.42 Å². The fourth-order valence-corrected chi connectivity index (χ4v) is 2.46. The summed E-state index contributed by atoms with van der Waals surface area (Å²) in [6, 6.07) is 11.6. The molecule has 5 nitrogen and oxygen atoms in total. The third-order valence-corrected chi connectivity index (χ3v) is 3.68. The average molecular weight is 379 g/mol. The summed E-state index contributed by atoms with van der Waals surface area (Å²) in [7, 11) is 0. The highest BCUT2D eigenvalue weighted by atomic mass is 79.9. The van der Waals surface area contributed by atoms with Gasteiger partial charge in [0.2, 0.25) is 0 Å². The third kappa shape index (κ3) is 6.38. The Hall–Kier alpha value is -1.92. The van der Waals surface area contributed by atoms with Crippen molar-refractivity contribution in [1.29, 1.82) is 0 Å². The Morgan fingerprint density at radius 3 is 2.91 bits per heavy atom. The van der Waals surface area contributed by atoms with Crippen molar-refractivity contribution in [2.24, 2.45) is 0 Å². The minimum Gasteiger partial charge on any atom is -0.487 e. The smallest absolute Gasteiger partial charge is 0.303 e. The molecule has 0 aliphatic carbocycles. The van der Waals surface area contributed by atoms with Gasteiger partial charge in [-0.15, -0.1) is 0 Å². The average Bonchev–Trinajstić information content (AvgIpc) is 2.54. The molecule has 23 heavy (non-hydrogen) atoms. The molecule has 0 bridgehead atoms. The number of pyridine rings is 1. The normalized spacial score (nSPS) is 10.5. The van der Waals surface area contributed by atoms with E-state index < -0.39 is 5.97 Å². The minimum absolute atomic E-state index is 0.175. The Morgan fingerprint density at radius 1 is 1.30 bits per heavy atom. The van der Waals surface area contributed by atoms with Crippen molar-refractivity contribution in [2.75, 3.05) is 6.54 Å². The maximum atomic E-state index is 10.5. The zero-order chi connectivity index (χ0) is 16.5. The van der Waals surface area contributed by atoms with Crippen LogP contribution >= 0.6 is 15.9 Å². The van der Waals surface area contributed by atoms with Crippen molar-refractivity contribution in [3.05, 3.63) is 58.3 Å². The topological polar surface area (TPSA) is 71.5 Å². The van der Waals surface area contributed by atoms with E-state index in [1.165, 1.54) is 0 Å². The molecular weight excluding hydrogens is 360 g/mol. The number of nitrogens with one attached hydrogen (secondary N) is 1. The quantitative estimate of drug-likeness (QED) is 0.654. The maximum Gasteiger partial charge on any atom is 0.303 e. The molecule has 6 heteroatoms. The van der Waals surface area contributed by atoms with E-state index in [9.17, 15) is 4.79 Å². The van der Waals surface area contributed by atoms with Crippen molar-refractivity contribution in [2.45, 2.75) is 26.0 Å². The van der Waals surface area contributed by atoms with Crippen molar-refractivity contribution >= 4 is 21.9 Å². The van der Waals surface area contributed by atoms with Crippen LogP contribution in [0.1, 0.15) is 24.1 Å². The molecule has 2 aromatic rings. The van der Waals surface area contributed by atoms with Crippen LogP contribution in [0.5, 0.6) is 5.75 Å². The first-order valence-corrected chi connectivity index (χ1v) is 8.18. The molecule has 0 saturated carbocycles. The Bertz CT molecular complexity index is 635. The molecule has 0 fully saturated rings. The van der Waals surface area contributed by atoms with Crippen molar-refractivity contribution in [3.8, 4) is 5.75 Å². The predicted molar refractivity (Wildman–Crippen MR) is 91.3 cm³/mol. The number of nitrogens with zero attached hydrogens (tertiary/aromatic N) is 1. The van der Waals surface area contributed by atoms with Crippen LogP contribution in [0.15, 0.2) is 47.1 Å². The first-order chi connectivity index (χ1) is 11.1. The van der Waals surface area contributed by atoms with Gasteiger partial charge in [0.25, 0.3) is 0 Å². The number of aromatic nitrogens is 1. The molecule has 0 unspecified atom stereocenters. The van der Waals surface area contributed by atoms with Gasteiger partial charge in [-0.1, -0.05) is 22.0 Å². The summed E-state index contributed by atoms with van der Waals surface area (Å²) in [5, 5.41) is 11.9. The summed E-state index contributed by atoms with van der Waals surface area (Å²) in [6.45, 7) is 1.68. The summed E-state index contributed by atoms with van der Waals surface area (Å²) in [5.41, 5.74) is 1.89. The molecule has 2 N–H and O–H groups in total. The van der Waals surface area contributed by atoms with Crippen LogP contribution in [0.25, 0.3) is 0 Å². The highest BCUT2D eigenvalue weighted by Crippen LogP contribution is 2.24. The Kier molecular flexibility index (Phi) is 7.03. The van der Waals surface area contributed by atoms with E-state index in [0.717, 1.165) is 21.5 Å². The number of ether oxygens (including phenoxy) is 1. The number of rotatable bonds is 9. The van der Waals surface area contributed by atoms with E-state index >= 15 is 0 Å². The SMILES string of the molecule is O=C(O)CCCNCc1cc(Br)ccc1OCc1ccccn1. The lowest BCUT2D eigenvalue weighted by Crippen LogP contribution is -2.16. The third-order valence-electron chi connectivity index (χ3n) is 3.18. The number of hydrogen-bond donors (Lipinski definition) is 2. The lowest BCUT2D eigenvalue weighted by molar-refractivity contribution is -0.137. The van der Waals surface area contributed by atoms with Gasteiger partial charge in [0.15, 0.2) is 0 Å². The number of halogens is 1. The Balaban J connectivity index is 1.90. The van der Waals surface area contributed by atoms with Crippen molar-refractivity contribution in [3.63, 3.8) is 0 Å². The highest BCUT2D eigenvalue weighted by Gasteiger charge is 2.06. The molecule has 0 aliphatic rings. The number of hydrogen-bond acceptors (Lipinski definition) is 4. The van der Waals surface area contributed by atoms with Gasteiger partial charge in [-0.25, -0.2) is 0 Å². The number of aliphatic carboxylic acids is 1. The monoisotopic (exact) mass is 378 g/mol. The van der Waals surface area contributed by atoms with E-state index in [2.05, 4.69) is 26.2 Å². The van der Waals surface area contributed by atoms with Gasteiger partial charge in [0.05, 0.1) is 5.69 Å². The van der Waals surface area contributed by atoms with Crippen LogP contribution in [0.4, 0.5) is 0 Å². The summed E-state index contributed by atoms with van der Waals surface area (Å²) in [4.78, 5) is 14.7. The first kappa shape index (κ1) is 17.4. The zero-order valence-electron chi connectivity index (χ0n) is 12.7. The predicted octanol–water partition coefficient (Wildman–Crippen LogP) is 3.38. The molecule has 2 rings (SSSR count). The zero-order valence-corrected chi connectivity index (χ0v) is 14.3. The van der Waals surface area contributed by atoms with E-state index in [0.29, 0.717) is 26.1 Å². The molecule has 1 heterocycles. The summed E-state index contributed by atoms with van der Waals surface area (Å²) < 4.78 is 6.83. The van der Waals surface area contributed by atoms with Crippen LogP contribution < -0.4 is 10.1 Å². The lowest BCUT2D eigenvalue weighted by Gasteiger charge is -2.12. The van der Waals surface area contributed by atoms with Gasteiger partial charge in [-0.3, -0.25) is 9.78 Å². The maximum absolute atomic E-state index is 10.5. The van der Waals surface area contributed by atoms with Crippen LogP contribution in [-0.4, -0.2) is 22.6 Å². The van der Waals surface area contributed by atoms with Crippen molar-refractivity contribution < 1.29 is 14.6 Å². The summed E-state index contributed by atoms with van der Waals surface area (Å²) in [6.07, 6.45) is 2.52.